The second kappa shape index (κ2) is 7.46. The lowest BCUT2D eigenvalue weighted by atomic mass is 10.0. The van der Waals surface area contributed by atoms with Gasteiger partial charge in [0.25, 0.3) is 5.91 Å². The molecule has 20 heavy (non-hydrogen) atoms. The number of aliphatic hydroxyl groups is 1. The monoisotopic (exact) mass is 295 g/mol. The van der Waals surface area contributed by atoms with Crippen LogP contribution in [-0.2, 0) is 4.79 Å². The zero-order chi connectivity index (χ0) is 15.2. The second-order valence-electron chi connectivity index (χ2n) is 4.78. The third-order valence-electron chi connectivity index (χ3n) is 3.40. The molecule has 4 heteroatoms. The summed E-state index contributed by atoms with van der Waals surface area (Å²) in [5, 5.41) is 11.0. The molecule has 0 bridgehead atoms. The first-order valence-electron chi connectivity index (χ1n) is 6.89. The van der Waals surface area contributed by atoms with Crippen LogP contribution in [0.1, 0.15) is 32.6 Å². The summed E-state index contributed by atoms with van der Waals surface area (Å²) in [6, 6.07) is 0. The normalized spacial score (nSPS) is 22.9. The van der Waals surface area contributed by atoms with Crippen LogP contribution in [0.15, 0.2) is 48.1 Å². The summed E-state index contributed by atoms with van der Waals surface area (Å²) in [6.07, 6.45) is 9.99. The number of amides is 1. The Balaban J connectivity index is 2.96. The Kier molecular flexibility index (Phi) is 6.24. The average molecular weight is 296 g/mol. The zero-order valence-corrected chi connectivity index (χ0v) is 12.7. The molecule has 0 saturated heterocycles. The molecular weight excluding hydrogens is 274 g/mol. The highest BCUT2D eigenvalue weighted by Gasteiger charge is 2.47. The molecule has 0 aliphatic carbocycles. The summed E-state index contributed by atoms with van der Waals surface area (Å²) in [7, 11) is 0. The number of carbonyl (C=O) groups is 1. The minimum absolute atomic E-state index is 0.103. The maximum Gasteiger partial charge on any atom is 0.250 e. The SMILES string of the molecule is C=CC=C(C=C)C1(O)C(Cl)=CC(=O)N1CCCCCC. The molecule has 110 valence electrons. The molecule has 0 spiro atoms. The molecule has 0 aromatic carbocycles. The van der Waals surface area contributed by atoms with Crippen molar-refractivity contribution in [3.8, 4) is 0 Å². The van der Waals surface area contributed by atoms with Gasteiger partial charge in [0.1, 0.15) is 0 Å². The van der Waals surface area contributed by atoms with Crippen molar-refractivity contribution in [3.05, 3.63) is 48.1 Å². The summed E-state index contributed by atoms with van der Waals surface area (Å²) >= 11 is 6.08. The second-order valence-corrected chi connectivity index (χ2v) is 5.18. The lowest BCUT2D eigenvalue weighted by Gasteiger charge is -2.35. The summed E-state index contributed by atoms with van der Waals surface area (Å²) in [6.45, 7) is 9.86. The largest absolute Gasteiger partial charge is 0.362 e. The van der Waals surface area contributed by atoms with Crippen molar-refractivity contribution in [1.29, 1.82) is 0 Å². The summed E-state index contributed by atoms with van der Waals surface area (Å²) < 4.78 is 0. The molecule has 1 heterocycles. The van der Waals surface area contributed by atoms with E-state index in [1.165, 1.54) is 23.1 Å². The fraction of sp³-hybridized carbons (Fsp3) is 0.438. The van der Waals surface area contributed by atoms with Crippen molar-refractivity contribution >= 4 is 17.5 Å². The Bertz CT molecular complexity index is 453. The summed E-state index contributed by atoms with van der Waals surface area (Å²) in [5.74, 6) is -0.272. The van der Waals surface area contributed by atoms with Gasteiger partial charge in [0.05, 0.1) is 5.03 Å². The third kappa shape index (κ3) is 3.22. The number of allylic oxidation sites excluding steroid dienone is 2. The molecule has 1 rings (SSSR count). The Morgan fingerprint density at radius 3 is 2.70 bits per heavy atom. The molecule has 1 N–H and O–H groups in total. The first kappa shape index (κ1) is 16.7. The highest BCUT2D eigenvalue weighted by Crippen LogP contribution is 2.38. The van der Waals surface area contributed by atoms with E-state index in [2.05, 4.69) is 20.1 Å². The van der Waals surface area contributed by atoms with Gasteiger partial charge in [-0.05, 0) is 6.42 Å². The van der Waals surface area contributed by atoms with Crippen LogP contribution in [0.5, 0.6) is 0 Å². The van der Waals surface area contributed by atoms with Gasteiger partial charge in [-0.25, -0.2) is 0 Å². The van der Waals surface area contributed by atoms with Gasteiger partial charge >= 0.3 is 0 Å². The van der Waals surface area contributed by atoms with E-state index < -0.39 is 5.72 Å². The third-order valence-corrected chi connectivity index (χ3v) is 3.77. The van der Waals surface area contributed by atoms with Crippen molar-refractivity contribution in [2.45, 2.75) is 38.3 Å². The number of hydrogen-bond acceptors (Lipinski definition) is 2. The number of carbonyl (C=O) groups excluding carboxylic acids is 1. The molecule has 0 aromatic rings. The van der Waals surface area contributed by atoms with Crippen LogP contribution in [0.25, 0.3) is 0 Å². The molecule has 1 aliphatic heterocycles. The van der Waals surface area contributed by atoms with Gasteiger partial charge in [-0.2, -0.15) is 0 Å². The molecule has 1 atom stereocenters. The van der Waals surface area contributed by atoms with Gasteiger partial charge in [0.15, 0.2) is 0 Å². The van der Waals surface area contributed by atoms with Crippen LogP contribution in [0.3, 0.4) is 0 Å². The molecule has 3 nitrogen and oxygen atoms in total. The van der Waals surface area contributed by atoms with Crippen molar-refractivity contribution < 1.29 is 9.90 Å². The van der Waals surface area contributed by atoms with Crippen LogP contribution >= 0.6 is 11.6 Å². The highest BCUT2D eigenvalue weighted by molar-refractivity contribution is 6.33. The number of nitrogens with zero attached hydrogens (tertiary/aromatic N) is 1. The predicted molar refractivity (Wildman–Crippen MR) is 83.2 cm³/mol. The van der Waals surface area contributed by atoms with Gasteiger partial charge in [0.2, 0.25) is 5.72 Å². The standard InChI is InChI=1S/C16H22ClNO2/c1-4-7-8-9-11-18-15(19)12-14(17)16(18,20)13(6-3)10-5-2/h5-6,10,12,20H,2-4,7-9,11H2,1H3. The van der Waals surface area contributed by atoms with E-state index in [1.807, 2.05) is 0 Å². The van der Waals surface area contributed by atoms with E-state index >= 15 is 0 Å². The number of rotatable bonds is 8. The molecule has 0 radical (unpaired) electrons. The Morgan fingerprint density at radius 2 is 2.15 bits per heavy atom. The van der Waals surface area contributed by atoms with Gasteiger partial charge < -0.3 is 10.0 Å². The molecular formula is C16H22ClNO2. The van der Waals surface area contributed by atoms with E-state index in [1.54, 1.807) is 6.08 Å². The maximum atomic E-state index is 12.0. The van der Waals surface area contributed by atoms with Crippen molar-refractivity contribution in [3.63, 3.8) is 0 Å². The minimum atomic E-state index is -1.61. The fourth-order valence-corrected chi connectivity index (χ4v) is 2.60. The van der Waals surface area contributed by atoms with E-state index in [9.17, 15) is 9.90 Å². The average Bonchev–Trinajstić information content (AvgIpc) is 2.64. The van der Waals surface area contributed by atoms with E-state index in [-0.39, 0.29) is 10.9 Å². The van der Waals surface area contributed by atoms with Gasteiger partial charge in [-0.1, -0.05) is 69.2 Å². The van der Waals surface area contributed by atoms with Gasteiger partial charge in [-0.15, -0.1) is 0 Å². The van der Waals surface area contributed by atoms with Gasteiger partial charge in [0, 0.05) is 18.2 Å². The molecule has 0 aromatic heterocycles. The topological polar surface area (TPSA) is 40.5 Å². The number of halogens is 1. The molecule has 1 aliphatic rings. The van der Waals surface area contributed by atoms with Crippen molar-refractivity contribution in [2.75, 3.05) is 6.54 Å². The Hall–Kier alpha value is -1.32. The number of unbranched alkanes of at least 4 members (excludes halogenated alkanes) is 3. The quantitative estimate of drug-likeness (QED) is 0.550. The van der Waals surface area contributed by atoms with Crippen LogP contribution < -0.4 is 0 Å². The van der Waals surface area contributed by atoms with Crippen LogP contribution in [-0.4, -0.2) is 28.2 Å². The molecule has 1 unspecified atom stereocenters. The van der Waals surface area contributed by atoms with E-state index in [4.69, 9.17) is 11.6 Å². The summed E-state index contributed by atoms with van der Waals surface area (Å²) in [5.41, 5.74) is -1.16. The lowest BCUT2D eigenvalue weighted by Crippen LogP contribution is -2.49. The number of hydrogen-bond donors (Lipinski definition) is 1. The summed E-state index contributed by atoms with van der Waals surface area (Å²) in [4.78, 5) is 13.4. The van der Waals surface area contributed by atoms with Crippen LogP contribution in [0, 0.1) is 0 Å². The smallest absolute Gasteiger partial charge is 0.250 e. The first-order chi connectivity index (χ1) is 9.52. The van der Waals surface area contributed by atoms with Crippen molar-refractivity contribution in [1.82, 2.24) is 4.90 Å². The van der Waals surface area contributed by atoms with Crippen molar-refractivity contribution in [2.24, 2.45) is 0 Å². The Labute approximate surface area is 125 Å². The molecule has 0 saturated carbocycles. The maximum absolute atomic E-state index is 12.0. The molecule has 1 amide bonds. The fourth-order valence-electron chi connectivity index (χ4n) is 2.29. The van der Waals surface area contributed by atoms with Gasteiger partial charge in [-0.3, -0.25) is 4.79 Å². The van der Waals surface area contributed by atoms with Crippen LogP contribution in [0.4, 0.5) is 0 Å². The predicted octanol–water partition coefficient (Wildman–Crippen LogP) is 3.52. The first-order valence-corrected chi connectivity index (χ1v) is 7.27. The zero-order valence-electron chi connectivity index (χ0n) is 11.9. The lowest BCUT2D eigenvalue weighted by molar-refractivity contribution is -0.137. The minimum Gasteiger partial charge on any atom is -0.362 e. The van der Waals surface area contributed by atoms with E-state index in [0.717, 1.165) is 25.7 Å². The molecule has 0 fully saturated rings. The van der Waals surface area contributed by atoms with Crippen LogP contribution in [0.2, 0.25) is 0 Å². The Morgan fingerprint density at radius 1 is 1.45 bits per heavy atom. The van der Waals surface area contributed by atoms with E-state index in [0.29, 0.717) is 12.1 Å². The highest BCUT2D eigenvalue weighted by atomic mass is 35.5.